The molecule has 1 aromatic rings. The summed E-state index contributed by atoms with van der Waals surface area (Å²) >= 11 is 3.34. The van der Waals surface area contributed by atoms with E-state index in [1.54, 1.807) is 20.2 Å². The minimum atomic E-state index is -0.143. The van der Waals surface area contributed by atoms with Gasteiger partial charge in [-0.25, -0.2) is 0 Å². The van der Waals surface area contributed by atoms with E-state index in [0.29, 0.717) is 11.1 Å². The third kappa shape index (κ3) is 2.58. The van der Waals surface area contributed by atoms with Crippen molar-refractivity contribution in [3.05, 3.63) is 33.3 Å². The average Bonchev–Trinajstić information content (AvgIpc) is 2.15. The van der Waals surface area contributed by atoms with Crippen molar-refractivity contribution in [3.63, 3.8) is 0 Å². The first kappa shape index (κ1) is 12.2. The van der Waals surface area contributed by atoms with Crippen LogP contribution in [0, 0.1) is 6.92 Å². The molecule has 0 heterocycles. The summed E-state index contributed by atoms with van der Waals surface area (Å²) in [5, 5.41) is 9.22. The molecule has 0 saturated heterocycles. The maximum atomic E-state index is 11.8. The molecule has 0 spiro atoms. The van der Waals surface area contributed by atoms with Gasteiger partial charge in [-0.15, -0.1) is 0 Å². The van der Waals surface area contributed by atoms with Crippen LogP contribution in [0.1, 0.15) is 21.5 Å². The largest absolute Gasteiger partial charge is 0.392 e. The van der Waals surface area contributed by atoms with E-state index in [1.807, 2.05) is 13.0 Å². The zero-order chi connectivity index (χ0) is 11.6. The van der Waals surface area contributed by atoms with Crippen LogP contribution in [-0.2, 0) is 6.61 Å². The summed E-state index contributed by atoms with van der Waals surface area (Å²) in [5.74, 6) is -0.0940. The summed E-state index contributed by atoms with van der Waals surface area (Å²) in [6.45, 7) is 1.77. The van der Waals surface area contributed by atoms with Crippen LogP contribution in [0.5, 0.6) is 0 Å². The Balaban J connectivity index is 3.32. The Morgan fingerprint density at radius 1 is 1.47 bits per heavy atom. The second-order valence-electron chi connectivity index (χ2n) is 3.63. The Morgan fingerprint density at radius 2 is 2.07 bits per heavy atom. The minimum Gasteiger partial charge on any atom is -0.392 e. The second-order valence-corrected chi connectivity index (χ2v) is 4.48. The minimum absolute atomic E-state index is 0.0940. The van der Waals surface area contributed by atoms with Gasteiger partial charge in [-0.3, -0.25) is 4.79 Å². The van der Waals surface area contributed by atoms with Gasteiger partial charge in [0.1, 0.15) is 0 Å². The van der Waals surface area contributed by atoms with E-state index in [4.69, 9.17) is 0 Å². The number of carbonyl (C=O) groups excluding carboxylic acids is 1. The van der Waals surface area contributed by atoms with E-state index in [-0.39, 0.29) is 12.5 Å². The number of hydrogen-bond donors (Lipinski definition) is 1. The molecule has 0 aromatic heterocycles. The number of carbonyl (C=O) groups is 1. The molecule has 1 aromatic carbocycles. The first-order chi connectivity index (χ1) is 6.97. The van der Waals surface area contributed by atoms with Gasteiger partial charge in [-0.05, 0) is 24.6 Å². The van der Waals surface area contributed by atoms with E-state index in [0.717, 1.165) is 10.0 Å². The van der Waals surface area contributed by atoms with Gasteiger partial charge in [-0.2, -0.15) is 0 Å². The molecule has 1 amide bonds. The van der Waals surface area contributed by atoms with Gasteiger partial charge in [0.15, 0.2) is 0 Å². The monoisotopic (exact) mass is 271 g/mol. The number of halogens is 1. The summed E-state index contributed by atoms with van der Waals surface area (Å²) in [6.07, 6.45) is 0. The number of aliphatic hydroxyl groups excluding tert-OH is 1. The normalized spacial score (nSPS) is 10.2. The zero-order valence-corrected chi connectivity index (χ0v) is 10.6. The van der Waals surface area contributed by atoms with Crippen LogP contribution in [0.2, 0.25) is 0 Å². The summed E-state index contributed by atoms with van der Waals surface area (Å²) in [7, 11) is 3.39. The van der Waals surface area contributed by atoms with Crippen molar-refractivity contribution < 1.29 is 9.90 Å². The van der Waals surface area contributed by atoms with Gasteiger partial charge < -0.3 is 10.0 Å². The van der Waals surface area contributed by atoms with E-state index in [1.165, 1.54) is 4.90 Å². The molecule has 3 nitrogen and oxygen atoms in total. The fraction of sp³-hybridized carbons (Fsp3) is 0.364. The van der Waals surface area contributed by atoms with Crippen molar-refractivity contribution in [1.29, 1.82) is 0 Å². The van der Waals surface area contributed by atoms with Crippen LogP contribution in [0.3, 0.4) is 0 Å². The molecule has 0 aliphatic carbocycles. The summed E-state index contributed by atoms with van der Waals surface area (Å²) in [5.41, 5.74) is 2.18. The highest BCUT2D eigenvalue weighted by Crippen LogP contribution is 2.23. The van der Waals surface area contributed by atoms with Crippen LogP contribution in [0.4, 0.5) is 0 Å². The third-order valence-corrected chi connectivity index (χ3v) is 2.84. The number of aryl methyl sites for hydroxylation is 1. The maximum absolute atomic E-state index is 11.8. The molecule has 1 rings (SSSR count). The molecule has 0 fully saturated rings. The molecule has 15 heavy (non-hydrogen) atoms. The van der Waals surface area contributed by atoms with Crippen LogP contribution < -0.4 is 0 Å². The Bertz CT molecular complexity index is 388. The van der Waals surface area contributed by atoms with Crippen molar-refractivity contribution in [2.45, 2.75) is 13.5 Å². The Morgan fingerprint density at radius 3 is 2.53 bits per heavy atom. The standard InChI is InChI=1S/C11H14BrNO2/c1-7-4-8(11(15)13(2)3)9(6-14)10(12)5-7/h4-5,14H,6H2,1-3H3. The lowest BCUT2D eigenvalue weighted by atomic mass is 10.0. The molecule has 0 unspecified atom stereocenters. The summed E-state index contributed by atoms with van der Waals surface area (Å²) in [6, 6.07) is 3.68. The highest BCUT2D eigenvalue weighted by atomic mass is 79.9. The Labute approximate surface area is 97.8 Å². The Kier molecular flexibility index (Phi) is 3.88. The second kappa shape index (κ2) is 4.77. The lowest BCUT2D eigenvalue weighted by molar-refractivity contribution is 0.0824. The van der Waals surface area contributed by atoms with Crippen molar-refractivity contribution in [2.75, 3.05) is 14.1 Å². The van der Waals surface area contributed by atoms with E-state index < -0.39 is 0 Å². The quantitative estimate of drug-likeness (QED) is 0.894. The number of hydrogen-bond acceptors (Lipinski definition) is 2. The third-order valence-electron chi connectivity index (χ3n) is 2.13. The van der Waals surface area contributed by atoms with Gasteiger partial charge in [0.2, 0.25) is 0 Å². The van der Waals surface area contributed by atoms with Crippen molar-refractivity contribution in [1.82, 2.24) is 4.90 Å². The van der Waals surface area contributed by atoms with E-state index in [2.05, 4.69) is 15.9 Å². The first-order valence-corrected chi connectivity index (χ1v) is 5.38. The summed E-state index contributed by atoms with van der Waals surface area (Å²) < 4.78 is 0.773. The molecule has 0 atom stereocenters. The van der Waals surface area contributed by atoms with E-state index in [9.17, 15) is 9.90 Å². The lowest BCUT2D eigenvalue weighted by Crippen LogP contribution is -2.23. The first-order valence-electron chi connectivity index (χ1n) is 4.59. The number of benzene rings is 1. The molecule has 0 saturated carbocycles. The molecular formula is C11H14BrNO2. The smallest absolute Gasteiger partial charge is 0.253 e. The van der Waals surface area contributed by atoms with Gasteiger partial charge in [-0.1, -0.05) is 15.9 Å². The molecule has 0 aliphatic rings. The van der Waals surface area contributed by atoms with Crippen molar-refractivity contribution >= 4 is 21.8 Å². The molecule has 0 aliphatic heterocycles. The molecule has 0 bridgehead atoms. The number of nitrogens with zero attached hydrogens (tertiary/aromatic N) is 1. The van der Waals surface area contributed by atoms with Crippen molar-refractivity contribution in [2.24, 2.45) is 0 Å². The lowest BCUT2D eigenvalue weighted by Gasteiger charge is -2.15. The highest BCUT2D eigenvalue weighted by molar-refractivity contribution is 9.10. The number of amides is 1. The maximum Gasteiger partial charge on any atom is 0.253 e. The Hall–Kier alpha value is -0.870. The zero-order valence-electron chi connectivity index (χ0n) is 9.04. The van der Waals surface area contributed by atoms with Crippen molar-refractivity contribution in [3.8, 4) is 0 Å². The number of rotatable bonds is 2. The highest BCUT2D eigenvalue weighted by Gasteiger charge is 2.15. The van der Waals surface area contributed by atoms with Crippen LogP contribution in [-0.4, -0.2) is 30.0 Å². The van der Waals surface area contributed by atoms with Gasteiger partial charge in [0, 0.05) is 29.7 Å². The molecule has 0 radical (unpaired) electrons. The SMILES string of the molecule is Cc1cc(Br)c(CO)c(C(=O)N(C)C)c1. The van der Waals surface area contributed by atoms with Gasteiger partial charge in [0.25, 0.3) is 5.91 Å². The molecule has 4 heteroatoms. The van der Waals surface area contributed by atoms with Crippen LogP contribution in [0.15, 0.2) is 16.6 Å². The predicted octanol–water partition coefficient (Wildman–Crippen LogP) is 1.95. The number of aliphatic hydroxyl groups is 1. The molecular weight excluding hydrogens is 258 g/mol. The molecule has 1 N–H and O–H groups in total. The van der Waals surface area contributed by atoms with Gasteiger partial charge >= 0.3 is 0 Å². The summed E-state index contributed by atoms with van der Waals surface area (Å²) in [4.78, 5) is 13.3. The van der Waals surface area contributed by atoms with Gasteiger partial charge in [0.05, 0.1) is 6.61 Å². The van der Waals surface area contributed by atoms with E-state index >= 15 is 0 Å². The van der Waals surface area contributed by atoms with Crippen LogP contribution in [0.25, 0.3) is 0 Å². The fourth-order valence-electron chi connectivity index (χ4n) is 1.36. The molecule has 82 valence electrons. The predicted molar refractivity (Wildman–Crippen MR) is 62.8 cm³/mol. The van der Waals surface area contributed by atoms with Crippen LogP contribution >= 0.6 is 15.9 Å². The average molecular weight is 272 g/mol. The fourth-order valence-corrected chi connectivity index (χ4v) is 2.06. The topological polar surface area (TPSA) is 40.5 Å².